The molecule has 1 heterocycles. The molecule has 0 aromatic carbocycles. The highest BCUT2D eigenvalue weighted by Gasteiger charge is 2.43. The third-order valence-corrected chi connectivity index (χ3v) is 3.36. The molecule has 9 heteroatoms. The van der Waals surface area contributed by atoms with Crippen LogP contribution in [0.3, 0.4) is 0 Å². The molecule has 9 nitrogen and oxygen atoms in total. The Morgan fingerprint density at radius 2 is 1.43 bits per heavy atom. The summed E-state index contributed by atoms with van der Waals surface area (Å²) in [6.45, 7) is 4.39. The molecule has 23 heavy (non-hydrogen) atoms. The first-order valence-electron chi connectivity index (χ1n) is 7.62. The third-order valence-electron chi connectivity index (χ3n) is 3.36. The number of hydrazine groups is 1. The molecule has 1 fully saturated rings. The highest BCUT2D eigenvalue weighted by molar-refractivity contribution is 5.75. The van der Waals surface area contributed by atoms with Gasteiger partial charge in [0, 0.05) is 6.92 Å². The van der Waals surface area contributed by atoms with Crippen molar-refractivity contribution in [3.05, 3.63) is 0 Å². The number of ether oxygens (including phenoxy) is 3. The van der Waals surface area contributed by atoms with Crippen molar-refractivity contribution >= 4 is 18.2 Å². The van der Waals surface area contributed by atoms with Crippen molar-refractivity contribution < 1.29 is 33.7 Å². The van der Waals surface area contributed by atoms with Crippen molar-refractivity contribution in [1.29, 1.82) is 0 Å². The minimum absolute atomic E-state index is 0.0673. The summed E-state index contributed by atoms with van der Waals surface area (Å²) in [5.74, 6) is -0.485. The summed E-state index contributed by atoms with van der Waals surface area (Å²) in [6.07, 6.45) is -0.618. The predicted octanol–water partition coefficient (Wildman–Crippen LogP) is 0.905. The van der Waals surface area contributed by atoms with Crippen molar-refractivity contribution in [2.45, 2.75) is 45.7 Å². The van der Waals surface area contributed by atoms with Crippen LogP contribution in [-0.2, 0) is 19.0 Å². The van der Waals surface area contributed by atoms with Crippen LogP contribution in [0.25, 0.3) is 0 Å². The molecule has 0 aliphatic carbocycles. The van der Waals surface area contributed by atoms with E-state index in [1.165, 1.54) is 6.92 Å². The highest BCUT2D eigenvalue weighted by atomic mass is 16.6. The maximum atomic E-state index is 12.3. The van der Waals surface area contributed by atoms with Crippen LogP contribution in [0, 0.1) is 0 Å². The lowest BCUT2D eigenvalue weighted by Gasteiger charge is -2.45. The summed E-state index contributed by atoms with van der Waals surface area (Å²) in [7, 11) is 0. The van der Waals surface area contributed by atoms with Gasteiger partial charge in [-0.1, -0.05) is 0 Å². The minimum atomic E-state index is -0.757. The lowest BCUT2D eigenvalue weighted by molar-refractivity contribution is -0.150. The molecule has 0 bridgehead atoms. The van der Waals surface area contributed by atoms with Crippen LogP contribution in [0.1, 0.15) is 33.6 Å². The second-order valence-electron chi connectivity index (χ2n) is 4.96. The highest BCUT2D eigenvalue weighted by Crippen LogP contribution is 2.26. The number of nitrogens with zero attached hydrogens (tertiary/aromatic N) is 2. The van der Waals surface area contributed by atoms with E-state index in [2.05, 4.69) is 0 Å². The molecular formula is C14H24N2O7. The summed E-state index contributed by atoms with van der Waals surface area (Å²) >= 11 is 0. The molecule has 1 rings (SSSR count). The van der Waals surface area contributed by atoms with Gasteiger partial charge in [-0.25, -0.2) is 19.6 Å². The second kappa shape index (κ2) is 9.19. The fraction of sp³-hybridized carbons (Fsp3) is 0.786. The van der Waals surface area contributed by atoms with Crippen molar-refractivity contribution in [3.8, 4) is 0 Å². The van der Waals surface area contributed by atoms with Gasteiger partial charge in [0.05, 0.1) is 31.9 Å². The van der Waals surface area contributed by atoms with E-state index in [9.17, 15) is 19.5 Å². The van der Waals surface area contributed by atoms with E-state index in [1.54, 1.807) is 13.8 Å². The number of amides is 2. The van der Waals surface area contributed by atoms with Gasteiger partial charge >= 0.3 is 18.2 Å². The third kappa shape index (κ3) is 4.98. The number of carbonyl (C=O) groups excluding carboxylic acids is 3. The number of hydrogen-bond donors (Lipinski definition) is 1. The van der Waals surface area contributed by atoms with E-state index in [1.807, 2.05) is 0 Å². The first-order valence-corrected chi connectivity index (χ1v) is 7.62. The first-order chi connectivity index (χ1) is 11.0. The Bertz CT molecular complexity index is 429. The van der Waals surface area contributed by atoms with Crippen LogP contribution in [0.5, 0.6) is 0 Å². The van der Waals surface area contributed by atoms with Crippen molar-refractivity contribution in [3.63, 3.8) is 0 Å². The Labute approximate surface area is 135 Å². The van der Waals surface area contributed by atoms with Gasteiger partial charge in [0.25, 0.3) is 0 Å². The molecular weight excluding hydrogens is 308 g/mol. The smallest absolute Gasteiger partial charge is 0.429 e. The van der Waals surface area contributed by atoms with E-state index in [0.717, 1.165) is 10.0 Å². The Kier molecular flexibility index (Phi) is 7.60. The molecule has 0 aromatic heterocycles. The van der Waals surface area contributed by atoms with E-state index < -0.39 is 30.2 Å². The molecule has 0 saturated carbocycles. The number of carbonyl (C=O) groups is 3. The SMILES string of the molecule is CCOC(=O)N1[C@H](CO)CC[C@H](COC(C)=O)N1C(=O)OCC. The van der Waals surface area contributed by atoms with Crippen LogP contribution in [0.4, 0.5) is 9.59 Å². The van der Waals surface area contributed by atoms with Gasteiger partial charge in [0.15, 0.2) is 0 Å². The number of aliphatic hydroxyl groups excluding tert-OH is 1. The Hall–Kier alpha value is -2.03. The predicted molar refractivity (Wildman–Crippen MR) is 78.3 cm³/mol. The lowest BCUT2D eigenvalue weighted by atomic mass is 10.0. The number of hydrogen-bond acceptors (Lipinski definition) is 7. The van der Waals surface area contributed by atoms with Gasteiger partial charge in [-0.3, -0.25) is 4.79 Å². The fourth-order valence-corrected chi connectivity index (χ4v) is 2.37. The average Bonchev–Trinajstić information content (AvgIpc) is 2.52. The maximum Gasteiger partial charge on any atom is 0.429 e. The second-order valence-corrected chi connectivity index (χ2v) is 4.96. The zero-order chi connectivity index (χ0) is 17.4. The van der Waals surface area contributed by atoms with Crippen molar-refractivity contribution in [1.82, 2.24) is 10.0 Å². The molecule has 1 aliphatic rings. The first kappa shape index (κ1) is 19.0. The Balaban J connectivity index is 3.05. The van der Waals surface area contributed by atoms with E-state index in [-0.39, 0.29) is 26.4 Å². The largest absolute Gasteiger partial charge is 0.464 e. The average molecular weight is 332 g/mol. The standard InChI is InChI=1S/C14H24N2O7/c1-4-21-13(19)15-11(8-17)6-7-12(9-23-10(3)18)16(15)14(20)22-5-2/h11-12,17H,4-9H2,1-3H3/t11-,12+/m0/s1. The van der Waals surface area contributed by atoms with Gasteiger partial charge < -0.3 is 19.3 Å². The zero-order valence-electron chi connectivity index (χ0n) is 13.7. The lowest BCUT2D eigenvalue weighted by Crippen LogP contribution is -2.63. The number of aliphatic hydroxyl groups is 1. The molecule has 2 amide bonds. The van der Waals surface area contributed by atoms with Crippen LogP contribution >= 0.6 is 0 Å². The number of rotatable bonds is 5. The van der Waals surface area contributed by atoms with Crippen molar-refractivity contribution in [2.75, 3.05) is 26.4 Å². The van der Waals surface area contributed by atoms with Gasteiger partial charge in [0.1, 0.15) is 6.61 Å². The summed E-state index contributed by atoms with van der Waals surface area (Å²) in [6, 6.07) is -1.17. The van der Waals surface area contributed by atoms with Crippen LogP contribution in [0.15, 0.2) is 0 Å². The molecule has 0 radical (unpaired) electrons. The monoisotopic (exact) mass is 332 g/mol. The Morgan fingerprint density at radius 1 is 0.957 bits per heavy atom. The summed E-state index contributed by atoms with van der Waals surface area (Å²) in [4.78, 5) is 35.5. The van der Waals surface area contributed by atoms with Crippen LogP contribution in [0.2, 0.25) is 0 Å². The van der Waals surface area contributed by atoms with E-state index >= 15 is 0 Å². The zero-order valence-corrected chi connectivity index (χ0v) is 13.7. The molecule has 1 N–H and O–H groups in total. The maximum absolute atomic E-state index is 12.3. The van der Waals surface area contributed by atoms with Gasteiger partial charge in [-0.15, -0.1) is 0 Å². The molecule has 0 unspecified atom stereocenters. The summed E-state index contributed by atoms with van der Waals surface area (Å²) < 4.78 is 14.9. The van der Waals surface area contributed by atoms with Gasteiger partial charge in [-0.2, -0.15) is 0 Å². The number of esters is 1. The van der Waals surface area contributed by atoms with E-state index in [4.69, 9.17) is 14.2 Å². The topological polar surface area (TPSA) is 106 Å². The molecule has 1 saturated heterocycles. The van der Waals surface area contributed by atoms with E-state index in [0.29, 0.717) is 12.8 Å². The molecule has 2 atom stereocenters. The molecule has 132 valence electrons. The Morgan fingerprint density at radius 3 is 1.87 bits per heavy atom. The quantitative estimate of drug-likeness (QED) is 0.589. The van der Waals surface area contributed by atoms with Crippen molar-refractivity contribution in [2.24, 2.45) is 0 Å². The molecule has 0 spiro atoms. The summed E-state index contributed by atoms with van der Waals surface area (Å²) in [5, 5.41) is 11.6. The fourth-order valence-electron chi connectivity index (χ4n) is 2.37. The summed E-state index contributed by atoms with van der Waals surface area (Å²) in [5.41, 5.74) is 0. The van der Waals surface area contributed by atoms with Crippen LogP contribution < -0.4 is 0 Å². The van der Waals surface area contributed by atoms with Gasteiger partial charge in [0.2, 0.25) is 0 Å². The minimum Gasteiger partial charge on any atom is -0.464 e. The van der Waals surface area contributed by atoms with Gasteiger partial charge in [-0.05, 0) is 26.7 Å². The molecule has 0 aromatic rings. The normalized spacial score (nSPS) is 20.9. The van der Waals surface area contributed by atoms with Crippen LogP contribution in [-0.4, -0.2) is 71.8 Å². The molecule has 1 aliphatic heterocycles.